The Hall–Kier alpha value is -0.700. The number of hydrogen-bond donors (Lipinski definition) is 1. The first-order valence-electron chi connectivity index (χ1n) is 8.40. The summed E-state index contributed by atoms with van der Waals surface area (Å²) < 4.78 is 28.3. The van der Waals surface area contributed by atoms with Crippen LogP contribution >= 0.6 is 0 Å². The van der Waals surface area contributed by atoms with Gasteiger partial charge in [0.15, 0.2) is 0 Å². The smallest absolute Gasteiger partial charge is 0.279 e. The summed E-state index contributed by atoms with van der Waals surface area (Å²) in [6.07, 6.45) is 1.62. The quantitative estimate of drug-likeness (QED) is 0.702. The Morgan fingerprint density at radius 3 is 2.48 bits per heavy atom. The van der Waals surface area contributed by atoms with Gasteiger partial charge in [0, 0.05) is 59.3 Å². The van der Waals surface area contributed by atoms with Gasteiger partial charge in [0.1, 0.15) is 0 Å². The molecular formula is C15H30N4O3S. The Bertz CT molecular complexity index is 521. The number of hydrogen-bond acceptors (Lipinski definition) is 4. The molecule has 2 aliphatic heterocycles. The van der Waals surface area contributed by atoms with Gasteiger partial charge in [-0.2, -0.15) is 17.4 Å². The van der Waals surface area contributed by atoms with E-state index in [9.17, 15) is 13.2 Å². The third-order valence-electron chi connectivity index (χ3n) is 4.94. The van der Waals surface area contributed by atoms with E-state index in [4.69, 9.17) is 0 Å². The van der Waals surface area contributed by atoms with Crippen LogP contribution in [0.4, 0.5) is 0 Å². The fourth-order valence-electron chi connectivity index (χ4n) is 3.40. The highest BCUT2D eigenvalue weighted by Gasteiger charge is 2.37. The first-order valence-corrected chi connectivity index (χ1v) is 9.84. The van der Waals surface area contributed by atoms with E-state index in [1.807, 2.05) is 4.90 Å². The molecule has 7 nitrogen and oxygen atoms in total. The topological polar surface area (TPSA) is 73.0 Å². The van der Waals surface area contributed by atoms with Crippen LogP contribution in [-0.2, 0) is 15.0 Å². The molecule has 2 heterocycles. The zero-order valence-electron chi connectivity index (χ0n) is 14.7. The summed E-state index contributed by atoms with van der Waals surface area (Å²) in [6, 6.07) is -0.0725. The molecule has 0 bridgehead atoms. The number of nitrogens with zero attached hydrogens (tertiary/aromatic N) is 3. The van der Waals surface area contributed by atoms with E-state index < -0.39 is 10.2 Å². The summed E-state index contributed by atoms with van der Waals surface area (Å²) in [5.41, 5.74) is 0. The SMILES string of the molecule is CC(C)[C@@H]1CN(CCN2CCCC2=O)C[C@H]1NS(=O)(=O)N(C)C. The van der Waals surface area contributed by atoms with Crippen molar-refractivity contribution in [3.8, 4) is 0 Å². The Balaban J connectivity index is 1.93. The molecule has 0 aliphatic carbocycles. The van der Waals surface area contributed by atoms with Crippen LogP contribution in [0.2, 0.25) is 0 Å². The van der Waals surface area contributed by atoms with Crippen molar-refractivity contribution in [1.82, 2.24) is 18.8 Å². The molecule has 0 aromatic heterocycles. The van der Waals surface area contributed by atoms with Gasteiger partial charge >= 0.3 is 0 Å². The van der Waals surface area contributed by atoms with Crippen molar-refractivity contribution in [3.63, 3.8) is 0 Å². The lowest BCUT2D eigenvalue weighted by Crippen LogP contribution is -2.46. The number of rotatable bonds is 7. The van der Waals surface area contributed by atoms with Crippen molar-refractivity contribution >= 4 is 16.1 Å². The Kier molecular flexibility index (Phi) is 6.05. The molecule has 0 spiro atoms. The van der Waals surface area contributed by atoms with Crippen LogP contribution < -0.4 is 4.72 Å². The highest BCUT2D eigenvalue weighted by atomic mass is 32.2. The van der Waals surface area contributed by atoms with Crippen molar-refractivity contribution in [2.45, 2.75) is 32.7 Å². The molecule has 2 aliphatic rings. The second-order valence-electron chi connectivity index (χ2n) is 7.16. The molecule has 2 fully saturated rings. The second-order valence-corrected chi connectivity index (χ2v) is 9.08. The summed E-state index contributed by atoms with van der Waals surface area (Å²) in [4.78, 5) is 15.9. The first-order chi connectivity index (χ1) is 10.7. The standard InChI is InChI=1S/C15H30N4O3S/c1-12(2)13-10-18(8-9-19-7-5-6-15(19)20)11-14(13)16-23(21,22)17(3)4/h12-14,16H,5-11H2,1-4H3/t13-,14+/m0/s1. The summed E-state index contributed by atoms with van der Waals surface area (Å²) in [7, 11) is -0.339. The van der Waals surface area contributed by atoms with Crippen LogP contribution in [0.25, 0.3) is 0 Å². The Labute approximate surface area is 140 Å². The van der Waals surface area contributed by atoms with Gasteiger partial charge in [-0.3, -0.25) is 9.69 Å². The molecule has 0 aromatic rings. The number of likely N-dealkylation sites (tertiary alicyclic amines) is 2. The molecule has 2 rings (SSSR count). The van der Waals surface area contributed by atoms with Gasteiger partial charge in [0.25, 0.3) is 10.2 Å². The molecule has 0 radical (unpaired) electrons. The largest absolute Gasteiger partial charge is 0.341 e. The average molecular weight is 346 g/mol. The molecule has 8 heteroatoms. The predicted octanol–water partition coefficient (Wildman–Crippen LogP) is -0.0388. The molecule has 0 aromatic carbocycles. The zero-order valence-corrected chi connectivity index (χ0v) is 15.5. The third-order valence-corrected chi connectivity index (χ3v) is 6.50. The van der Waals surface area contributed by atoms with E-state index >= 15 is 0 Å². The highest BCUT2D eigenvalue weighted by molar-refractivity contribution is 7.87. The van der Waals surface area contributed by atoms with Crippen molar-refractivity contribution in [1.29, 1.82) is 0 Å². The maximum Gasteiger partial charge on any atom is 0.279 e. The molecule has 1 N–H and O–H groups in total. The molecular weight excluding hydrogens is 316 g/mol. The van der Waals surface area contributed by atoms with Gasteiger partial charge in [-0.15, -0.1) is 0 Å². The van der Waals surface area contributed by atoms with Crippen LogP contribution in [0, 0.1) is 11.8 Å². The minimum atomic E-state index is -3.42. The second kappa shape index (κ2) is 7.46. The fourth-order valence-corrected chi connectivity index (χ4v) is 4.24. The van der Waals surface area contributed by atoms with Crippen molar-refractivity contribution in [2.75, 3.05) is 46.8 Å². The van der Waals surface area contributed by atoms with Crippen molar-refractivity contribution < 1.29 is 13.2 Å². The van der Waals surface area contributed by atoms with Crippen molar-refractivity contribution in [3.05, 3.63) is 0 Å². The minimum absolute atomic E-state index is 0.0725. The van der Waals surface area contributed by atoms with Crippen molar-refractivity contribution in [2.24, 2.45) is 11.8 Å². The van der Waals surface area contributed by atoms with E-state index in [0.717, 1.165) is 32.6 Å². The summed E-state index contributed by atoms with van der Waals surface area (Å²) in [5.74, 6) is 0.941. The van der Waals surface area contributed by atoms with Gasteiger partial charge in [-0.05, 0) is 18.3 Å². The highest BCUT2D eigenvalue weighted by Crippen LogP contribution is 2.25. The molecule has 134 valence electrons. The van der Waals surface area contributed by atoms with Gasteiger partial charge in [-0.25, -0.2) is 0 Å². The third kappa shape index (κ3) is 4.65. The van der Waals surface area contributed by atoms with Crippen LogP contribution in [0.15, 0.2) is 0 Å². The first kappa shape index (κ1) is 18.6. The van der Waals surface area contributed by atoms with Crippen LogP contribution in [0.5, 0.6) is 0 Å². The monoisotopic (exact) mass is 346 g/mol. The normalized spacial score (nSPS) is 26.9. The number of nitrogens with one attached hydrogen (secondary N) is 1. The molecule has 23 heavy (non-hydrogen) atoms. The number of carbonyl (C=O) groups is 1. The van der Waals surface area contributed by atoms with Gasteiger partial charge < -0.3 is 4.90 Å². The lowest BCUT2D eigenvalue weighted by Gasteiger charge is -2.24. The fraction of sp³-hybridized carbons (Fsp3) is 0.933. The number of amides is 1. The molecule has 0 saturated carbocycles. The van der Waals surface area contributed by atoms with E-state index in [2.05, 4.69) is 23.5 Å². The van der Waals surface area contributed by atoms with Gasteiger partial charge in [0.05, 0.1) is 0 Å². The predicted molar refractivity (Wildman–Crippen MR) is 90.1 cm³/mol. The maximum atomic E-state index is 12.1. The Morgan fingerprint density at radius 2 is 1.96 bits per heavy atom. The maximum absolute atomic E-state index is 12.1. The van der Waals surface area contributed by atoms with E-state index in [1.54, 1.807) is 14.1 Å². The van der Waals surface area contributed by atoms with Gasteiger partial charge in [-0.1, -0.05) is 13.8 Å². The van der Waals surface area contributed by atoms with Gasteiger partial charge in [0.2, 0.25) is 5.91 Å². The lowest BCUT2D eigenvalue weighted by molar-refractivity contribution is -0.127. The Morgan fingerprint density at radius 1 is 1.26 bits per heavy atom. The zero-order chi connectivity index (χ0) is 17.2. The summed E-state index contributed by atoms with van der Waals surface area (Å²) in [5, 5.41) is 0. The molecule has 2 atom stereocenters. The molecule has 1 amide bonds. The van der Waals surface area contributed by atoms with E-state index in [-0.39, 0.29) is 11.9 Å². The van der Waals surface area contributed by atoms with Crippen LogP contribution in [-0.4, -0.2) is 81.3 Å². The van der Waals surface area contributed by atoms with E-state index in [0.29, 0.717) is 24.8 Å². The molecule has 2 saturated heterocycles. The van der Waals surface area contributed by atoms with Crippen LogP contribution in [0.3, 0.4) is 0 Å². The number of carbonyl (C=O) groups excluding carboxylic acids is 1. The summed E-state index contributed by atoms with van der Waals surface area (Å²) >= 11 is 0. The minimum Gasteiger partial charge on any atom is -0.341 e. The van der Waals surface area contributed by atoms with E-state index in [1.165, 1.54) is 4.31 Å². The lowest BCUT2D eigenvalue weighted by atomic mass is 9.92. The molecule has 0 unspecified atom stereocenters. The summed E-state index contributed by atoms with van der Waals surface area (Å²) in [6.45, 7) is 8.27. The average Bonchev–Trinajstić information content (AvgIpc) is 3.02. The van der Waals surface area contributed by atoms with Crippen LogP contribution in [0.1, 0.15) is 26.7 Å².